The van der Waals surface area contributed by atoms with Crippen molar-refractivity contribution in [1.29, 1.82) is 0 Å². The fraction of sp³-hybridized carbons (Fsp3) is 0.286. The predicted molar refractivity (Wildman–Crippen MR) is 36.5 cm³/mol. The third kappa shape index (κ3) is 1.19. The van der Waals surface area contributed by atoms with Crippen LogP contribution >= 0.6 is 0 Å². The molecule has 48 valence electrons. The molecular formula is C7H10NO+. The largest absolute Gasteiger partial charge is 0.406 e. The van der Waals surface area contributed by atoms with Crippen LogP contribution in [0.25, 0.3) is 0 Å². The molecule has 0 N–H and O–H groups in total. The van der Waals surface area contributed by atoms with Gasteiger partial charge in [0.2, 0.25) is 0 Å². The molecule has 0 atom stereocenters. The van der Waals surface area contributed by atoms with Crippen molar-refractivity contribution in [2.45, 2.75) is 0 Å². The van der Waals surface area contributed by atoms with Gasteiger partial charge in [0, 0.05) is 0 Å². The van der Waals surface area contributed by atoms with Crippen LogP contribution in [0.15, 0.2) is 24.5 Å². The second-order valence-electron chi connectivity index (χ2n) is 2.13. The molecule has 0 unspecified atom stereocenters. The third-order valence-corrected chi connectivity index (χ3v) is 1.09. The lowest BCUT2D eigenvalue weighted by atomic mass is 10.5. The maximum Gasteiger partial charge on any atom is 0.367 e. The summed E-state index contributed by atoms with van der Waals surface area (Å²) >= 11 is 0. The number of hydrogen-bond acceptors (Lipinski definition) is 1. The summed E-state index contributed by atoms with van der Waals surface area (Å²) in [7, 11) is 3.86. The molecule has 1 heterocycles. The van der Waals surface area contributed by atoms with Crippen molar-refractivity contribution < 1.29 is 9.31 Å². The highest BCUT2D eigenvalue weighted by molar-refractivity contribution is 5.87. The summed E-state index contributed by atoms with van der Waals surface area (Å²) in [5, 5.41) is 0. The average molecular weight is 124 g/mol. The van der Waals surface area contributed by atoms with Crippen molar-refractivity contribution in [3.05, 3.63) is 24.5 Å². The van der Waals surface area contributed by atoms with Crippen molar-refractivity contribution in [2.24, 2.45) is 0 Å². The summed E-state index contributed by atoms with van der Waals surface area (Å²) in [4.78, 5) is 0. The zero-order valence-electron chi connectivity index (χ0n) is 5.72. The summed E-state index contributed by atoms with van der Waals surface area (Å²) in [5.74, 6) is 1.55. The van der Waals surface area contributed by atoms with E-state index in [0.717, 1.165) is 5.90 Å². The monoisotopic (exact) mass is 124 g/mol. The Morgan fingerprint density at radius 3 is 2.33 bits per heavy atom. The molecule has 1 rings (SSSR count). The maximum atomic E-state index is 5.16. The van der Waals surface area contributed by atoms with E-state index < -0.39 is 0 Å². The maximum absolute atomic E-state index is 5.16. The van der Waals surface area contributed by atoms with Gasteiger partial charge in [0.25, 0.3) is 0 Å². The van der Waals surface area contributed by atoms with E-state index in [0.29, 0.717) is 5.76 Å². The van der Waals surface area contributed by atoms with Crippen LogP contribution < -0.4 is 0 Å². The molecule has 2 heteroatoms. The Hall–Kier alpha value is -1.05. The highest BCUT2D eigenvalue weighted by atomic mass is 16.5. The number of nitrogens with zero attached hydrogens (tertiary/aromatic N) is 1. The van der Waals surface area contributed by atoms with Crippen LogP contribution in [0.5, 0.6) is 0 Å². The molecule has 0 aromatic heterocycles. The number of rotatable bonds is 0. The van der Waals surface area contributed by atoms with Gasteiger partial charge in [-0.15, -0.1) is 0 Å². The molecule has 0 bridgehead atoms. The van der Waals surface area contributed by atoms with Gasteiger partial charge in [-0.05, 0) is 6.08 Å². The van der Waals surface area contributed by atoms with Crippen molar-refractivity contribution in [2.75, 3.05) is 14.1 Å². The first-order valence-electron chi connectivity index (χ1n) is 2.79. The average Bonchev–Trinajstić information content (AvgIpc) is 2.14. The van der Waals surface area contributed by atoms with Gasteiger partial charge in [-0.25, -0.2) is 4.58 Å². The van der Waals surface area contributed by atoms with E-state index in [1.807, 2.05) is 30.8 Å². The van der Waals surface area contributed by atoms with Gasteiger partial charge in [0.1, 0.15) is 19.9 Å². The van der Waals surface area contributed by atoms with E-state index in [1.54, 1.807) is 0 Å². The van der Waals surface area contributed by atoms with Crippen LogP contribution in [-0.4, -0.2) is 24.6 Å². The second-order valence-corrected chi connectivity index (χ2v) is 2.13. The highest BCUT2D eigenvalue weighted by Crippen LogP contribution is 2.05. The van der Waals surface area contributed by atoms with Gasteiger partial charge in [-0.1, -0.05) is 6.58 Å². The van der Waals surface area contributed by atoms with E-state index in [1.165, 1.54) is 0 Å². The standard InChI is InChI=1S/C7H10NO/c1-6-4-5-7(9-6)8(2)3/h4-5H,1H2,2-3H3/q+1. The Balaban J connectivity index is 2.83. The van der Waals surface area contributed by atoms with Crippen LogP contribution in [-0.2, 0) is 4.74 Å². The smallest absolute Gasteiger partial charge is 0.367 e. The first-order valence-corrected chi connectivity index (χ1v) is 2.79. The van der Waals surface area contributed by atoms with Gasteiger partial charge in [0.15, 0.2) is 0 Å². The molecule has 0 saturated carbocycles. The molecule has 0 aromatic rings. The molecule has 0 saturated heterocycles. The summed E-state index contributed by atoms with van der Waals surface area (Å²) in [6.07, 6.45) is 3.73. The topological polar surface area (TPSA) is 12.2 Å². The molecule has 0 amide bonds. The minimum atomic E-state index is 0.707. The Morgan fingerprint density at radius 2 is 2.11 bits per heavy atom. The Morgan fingerprint density at radius 1 is 1.44 bits per heavy atom. The van der Waals surface area contributed by atoms with Gasteiger partial charge in [-0.2, -0.15) is 0 Å². The lowest BCUT2D eigenvalue weighted by Gasteiger charge is -1.92. The van der Waals surface area contributed by atoms with Crippen molar-refractivity contribution in [3.8, 4) is 0 Å². The Bertz CT molecular complexity index is 197. The van der Waals surface area contributed by atoms with Crippen LogP contribution in [0.2, 0.25) is 0 Å². The van der Waals surface area contributed by atoms with Crippen LogP contribution in [0.4, 0.5) is 0 Å². The van der Waals surface area contributed by atoms with E-state index in [4.69, 9.17) is 4.74 Å². The molecule has 9 heavy (non-hydrogen) atoms. The molecule has 1 aliphatic rings. The minimum Gasteiger partial charge on any atom is -0.406 e. The highest BCUT2D eigenvalue weighted by Gasteiger charge is 2.11. The van der Waals surface area contributed by atoms with Gasteiger partial charge < -0.3 is 4.74 Å². The zero-order valence-corrected chi connectivity index (χ0v) is 5.72. The second kappa shape index (κ2) is 2.05. The van der Waals surface area contributed by atoms with Gasteiger partial charge in [0.05, 0.1) is 6.08 Å². The first-order chi connectivity index (χ1) is 4.20. The van der Waals surface area contributed by atoms with E-state index in [9.17, 15) is 0 Å². The zero-order chi connectivity index (χ0) is 6.85. The Labute approximate surface area is 54.8 Å². The van der Waals surface area contributed by atoms with Crippen LogP contribution in [0, 0.1) is 0 Å². The van der Waals surface area contributed by atoms with Crippen molar-refractivity contribution >= 4 is 5.90 Å². The lowest BCUT2D eigenvalue weighted by Crippen LogP contribution is -2.09. The Kier molecular flexibility index (Phi) is 1.39. The summed E-state index contributed by atoms with van der Waals surface area (Å²) in [6, 6.07) is 0. The quantitative estimate of drug-likeness (QED) is 0.434. The fourth-order valence-corrected chi connectivity index (χ4v) is 0.607. The fourth-order valence-electron chi connectivity index (χ4n) is 0.607. The van der Waals surface area contributed by atoms with Crippen molar-refractivity contribution in [1.82, 2.24) is 0 Å². The van der Waals surface area contributed by atoms with Crippen molar-refractivity contribution in [3.63, 3.8) is 0 Å². The number of allylic oxidation sites excluding steroid dienone is 1. The summed E-state index contributed by atoms with van der Waals surface area (Å²) < 4.78 is 7.06. The number of ether oxygens (including phenoxy) is 1. The summed E-state index contributed by atoms with van der Waals surface area (Å²) in [6.45, 7) is 3.63. The normalized spacial score (nSPS) is 16.2. The molecule has 2 nitrogen and oxygen atoms in total. The SMILES string of the molecule is C=C1C=CC(=[N+](C)C)O1. The van der Waals surface area contributed by atoms with E-state index in [-0.39, 0.29) is 0 Å². The molecule has 0 radical (unpaired) electrons. The first kappa shape index (κ1) is 6.08. The predicted octanol–water partition coefficient (Wildman–Crippen LogP) is 0.757. The number of hydrogen-bond donors (Lipinski definition) is 0. The van der Waals surface area contributed by atoms with E-state index >= 15 is 0 Å². The lowest BCUT2D eigenvalue weighted by molar-refractivity contribution is -0.472. The van der Waals surface area contributed by atoms with Crippen LogP contribution in [0.1, 0.15) is 0 Å². The molecule has 0 aliphatic carbocycles. The molecular weight excluding hydrogens is 114 g/mol. The summed E-state index contributed by atoms with van der Waals surface area (Å²) in [5.41, 5.74) is 0. The third-order valence-electron chi connectivity index (χ3n) is 1.09. The molecule has 1 aliphatic heterocycles. The molecule has 0 aromatic carbocycles. The van der Waals surface area contributed by atoms with E-state index in [2.05, 4.69) is 6.58 Å². The molecule has 0 spiro atoms. The van der Waals surface area contributed by atoms with Gasteiger partial charge in [-0.3, -0.25) is 0 Å². The van der Waals surface area contributed by atoms with Gasteiger partial charge >= 0.3 is 5.90 Å². The minimum absolute atomic E-state index is 0.707. The van der Waals surface area contributed by atoms with Crippen LogP contribution in [0.3, 0.4) is 0 Å². The molecule has 0 fully saturated rings.